The molecule has 1 aromatic rings. The third-order valence-electron chi connectivity index (χ3n) is 5.83. The Morgan fingerprint density at radius 2 is 1.91 bits per heavy atom. The number of methoxy groups -OCH3 is 2. The lowest BCUT2D eigenvalue weighted by molar-refractivity contribution is -0.135. The fourth-order valence-corrected chi connectivity index (χ4v) is 4.18. The van der Waals surface area contributed by atoms with Crippen LogP contribution in [0.2, 0.25) is 0 Å². The molecule has 1 aliphatic rings. The predicted octanol–water partition coefficient (Wildman–Crippen LogP) is 6.32. The molecule has 0 unspecified atom stereocenters. The SMILES string of the molecule is C=C(/C=C\C(=C/C)C(=O)OC)[C@H]1c2ccc(OC)cc2C[C@H](CCCC)N1C(=O)OC(C)(C)C. The lowest BCUT2D eigenvalue weighted by Gasteiger charge is -2.44. The van der Waals surface area contributed by atoms with Gasteiger partial charge in [0.1, 0.15) is 11.4 Å². The fraction of sp³-hybridized carbons (Fsp3) is 0.500. The van der Waals surface area contributed by atoms with Crippen molar-refractivity contribution in [2.75, 3.05) is 14.2 Å². The molecule has 0 aliphatic carbocycles. The number of fused-ring (bicyclic) bond motifs is 1. The Balaban J connectivity index is 2.59. The second-order valence-electron chi connectivity index (χ2n) is 9.50. The van der Waals surface area contributed by atoms with E-state index in [0.717, 1.165) is 36.1 Å². The number of rotatable bonds is 8. The number of hydrogen-bond donors (Lipinski definition) is 0. The number of hydrogen-bond acceptors (Lipinski definition) is 5. The third kappa shape index (κ3) is 6.75. The Bertz CT molecular complexity index is 954. The van der Waals surface area contributed by atoms with E-state index in [0.29, 0.717) is 17.6 Å². The van der Waals surface area contributed by atoms with Gasteiger partial charge in [0.15, 0.2) is 0 Å². The molecule has 1 aliphatic heterocycles. The van der Waals surface area contributed by atoms with E-state index < -0.39 is 17.6 Å². The second-order valence-corrected chi connectivity index (χ2v) is 9.50. The van der Waals surface area contributed by atoms with Crippen molar-refractivity contribution in [2.24, 2.45) is 0 Å². The summed E-state index contributed by atoms with van der Waals surface area (Å²) in [6, 6.07) is 5.44. The molecular formula is C28H39NO5. The molecule has 6 nitrogen and oxygen atoms in total. The van der Waals surface area contributed by atoms with E-state index in [1.165, 1.54) is 7.11 Å². The second kappa shape index (κ2) is 11.9. The Labute approximate surface area is 204 Å². The number of unbranched alkanes of at least 4 members (excludes halogenated alkanes) is 1. The molecule has 0 saturated heterocycles. The summed E-state index contributed by atoms with van der Waals surface area (Å²) >= 11 is 0. The molecular weight excluding hydrogens is 430 g/mol. The van der Waals surface area contributed by atoms with Crippen LogP contribution in [-0.2, 0) is 20.7 Å². The summed E-state index contributed by atoms with van der Waals surface area (Å²) < 4.78 is 16.2. The van der Waals surface area contributed by atoms with Crippen LogP contribution in [0, 0.1) is 0 Å². The number of carbonyl (C=O) groups excluding carboxylic acids is 2. The maximum Gasteiger partial charge on any atom is 0.411 e. The average Bonchev–Trinajstić information content (AvgIpc) is 2.79. The van der Waals surface area contributed by atoms with Gasteiger partial charge < -0.3 is 14.2 Å². The average molecular weight is 470 g/mol. The van der Waals surface area contributed by atoms with Crippen LogP contribution in [0.4, 0.5) is 4.79 Å². The first-order chi connectivity index (χ1) is 16.1. The number of benzene rings is 1. The molecule has 1 aromatic carbocycles. The molecule has 0 N–H and O–H groups in total. The van der Waals surface area contributed by atoms with Gasteiger partial charge in [-0.25, -0.2) is 9.59 Å². The molecule has 0 aromatic heterocycles. The lowest BCUT2D eigenvalue weighted by Crippen LogP contribution is -2.49. The maximum atomic E-state index is 13.5. The highest BCUT2D eigenvalue weighted by Crippen LogP contribution is 2.41. The van der Waals surface area contributed by atoms with Gasteiger partial charge in [-0.2, -0.15) is 0 Å². The van der Waals surface area contributed by atoms with Crippen LogP contribution in [0.5, 0.6) is 5.75 Å². The quantitative estimate of drug-likeness (QED) is 0.253. The first-order valence-electron chi connectivity index (χ1n) is 11.9. The van der Waals surface area contributed by atoms with Crippen molar-refractivity contribution in [1.29, 1.82) is 0 Å². The highest BCUT2D eigenvalue weighted by Gasteiger charge is 2.40. The van der Waals surface area contributed by atoms with Crippen LogP contribution in [0.15, 0.2) is 54.2 Å². The third-order valence-corrected chi connectivity index (χ3v) is 5.83. The van der Waals surface area contributed by atoms with Gasteiger partial charge in [-0.15, -0.1) is 0 Å². The summed E-state index contributed by atoms with van der Waals surface area (Å²) in [5, 5.41) is 0. The first kappa shape index (κ1) is 27.2. The van der Waals surface area contributed by atoms with Crippen LogP contribution >= 0.6 is 0 Å². The standard InChI is InChI=1S/C28H39NO5/c1-9-11-12-22-17-21-18-23(32-7)15-16-24(21)25(29(22)27(31)34-28(4,5)6)19(3)13-14-20(10-2)26(30)33-8/h10,13-16,18,22,25H,3,9,11-12,17H2,1-2,4-8H3/b14-13-,20-10+/t22-,25-/m0/s1. The topological polar surface area (TPSA) is 65.1 Å². The minimum absolute atomic E-state index is 0.0497. The van der Waals surface area contributed by atoms with Crippen molar-refractivity contribution < 1.29 is 23.8 Å². The largest absolute Gasteiger partial charge is 0.497 e. The Morgan fingerprint density at radius 3 is 2.47 bits per heavy atom. The van der Waals surface area contributed by atoms with Crippen molar-refractivity contribution in [2.45, 2.75) is 78.0 Å². The van der Waals surface area contributed by atoms with Crippen molar-refractivity contribution in [3.8, 4) is 5.75 Å². The molecule has 0 bridgehead atoms. The molecule has 1 amide bonds. The van der Waals surface area contributed by atoms with E-state index in [4.69, 9.17) is 14.2 Å². The van der Waals surface area contributed by atoms with Gasteiger partial charge in [-0.3, -0.25) is 4.90 Å². The zero-order valence-corrected chi connectivity index (χ0v) is 21.6. The number of ether oxygens (including phenoxy) is 3. The zero-order chi connectivity index (χ0) is 25.5. The normalized spacial score (nSPS) is 18.4. The van der Waals surface area contributed by atoms with Crippen LogP contribution in [0.1, 0.15) is 71.0 Å². The van der Waals surface area contributed by atoms with E-state index in [1.54, 1.807) is 32.3 Å². The van der Waals surface area contributed by atoms with Gasteiger partial charge >= 0.3 is 12.1 Å². The molecule has 0 saturated carbocycles. The minimum Gasteiger partial charge on any atom is -0.497 e. The van der Waals surface area contributed by atoms with Gasteiger partial charge in [-0.05, 0) is 75.4 Å². The van der Waals surface area contributed by atoms with Crippen molar-refractivity contribution in [1.82, 2.24) is 4.90 Å². The Morgan fingerprint density at radius 1 is 1.21 bits per heavy atom. The molecule has 0 spiro atoms. The maximum absolute atomic E-state index is 13.5. The fourth-order valence-electron chi connectivity index (χ4n) is 4.18. The minimum atomic E-state index is -0.628. The van der Waals surface area contributed by atoms with E-state index in [-0.39, 0.29) is 12.1 Å². The van der Waals surface area contributed by atoms with Gasteiger partial charge in [-0.1, -0.05) is 44.6 Å². The van der Waals surface area contributed by atoms with Gasteiger partial charge in [0.2, 0.25) is 0 Å². The van der Waals surface area contributed by atoms with E-state index >= 15 is 0 Å². The van der Waals surface area contributed by atoms with Crippen LogP contribution in [0.25, 0.3) is 0 Å². The summed E-state index contributed by atoms with van der Waals surface area (Å²) in [7, 11) is 3.00. The highest BCUT2D eigenvalue weighted by atomic mass is 16.6. The number of allylic oxidation sites excluding steroid dienone is 1. The van der Waals surface area contributed by atoms with Crippen molar-refractivity contribution in [3.63, 3.8) is 0 Å². The summed E-state index contributed by atoms with van der Waals surface area (Å²) in [5.41, 5.74) is 2.58. The molecule has 0 fully saturated rings. The number of carbonyl (C=O) groups is 2. The summed E-state index contributed by atoms with van der Waals surface area (Å²) in [6.45, 7) is 13.8. The van der Waals surface area contributed by atoms with Gasteiger partial charge in [0.25, 0.3) is 0 Å². The van der Waals surface area contributed by atoms with Crippen molar-refractivity contribution in [3.05, 3.63) is 65.3 Å². The van der Waals surface area contributed by atoms with Gasteiger partial charge in [0.05, 0.1) is 25.8 Å². The predicted molar refractivity (Wildman–Crippen MR) is 135 cm³/mol. The molecule has 186 valence electrons. The van der Waals surface area contributed by atoms with E-state index in [9.17, 15) is 9.59 Å². The molecule has 6 heteroatoms. The monoisotopic (exact) mass is 469 g/mol. The summed E-state index contributed by atoms with van der Waals surface area (Å²) in [4.78, 5) is 27.4. The highest BCUT2D eigenvalue weighted by molar-refractivity contribution is 5.91. The molecule has 34 heavy (non-hydrogen) atoms. The molecule has 1 heterocycles. The van der Waals surface area contributed by atoms with Crippen LogP contribution in [-0.4, -0.2) is 42.8 Å². The van der Waals surface area contributed by atoms with Crippen molar-refractivity contribution >= 4 is 12.1 Å². The smallest absolute Gasteiger partial charge is 0.411 e. The Kier molecular flexibility index (Phi) is 9.54. The zero-order valence-electron chi connectivity index (χ0n) is 21.6. The molecule has 2 atom stereocenters. The number of amides is 1. The lowest BCUT2D eigenvalue weighted by atomic mass is 9.83. The van der Waals surface area contributed by atoms with E-state index in [1.807, 2.05) is 43.9 Å². The number of nitrogens with zero attached hydrogens (tertiary/aromatic N) is 1. The first-order valence-corrected chi connectivity index (χ1v) is 11.9. The summed E-state index contributed by atoms with van der Waals surface area (Å²) in [6.07, 6.45) is 8.36. The van der Waals surface area contributed by atoms with Crippen LogP contribution in [0.3, 0.4) is 0 Å². The van der Waals surface area contributed by atoms with E-state index in [2.05, 4.69) is 13.5 Å². The number of esters is 1. The summed E-state index contributed by atoms with van der Waals surface area (Å²) in [5.74, 6) is 0.352. The van der Waals surface area contributed by atoms with Gasteiger partial charge in [0, 0.05) is 6.04 Å². The molecule has 0 radical (unpaired) electrons. The van der Waals surface area contributed by atoms with Crippen LogP contribution < -0.4 is 4.74 Å². The Hall–Kier alpha value is -3.02. The molecule has 2 rings (SSSR count).